The Balaban J connectivity index is 2.31. The number of benzene rings is 1. The van der Waals surface area contributed by atoms with E-state index in [-0.39, 0.29) is 5.91 Å². The van der Waals surface area contributed by atoms with Crippen LogP contribution >= 0.6 is 22.6 Å². The Kier molecular flexibility index (Phi) is 2.76. The zero-order valence-electron chi connectivity index (χ0n) is 8.09. The van der Waals surface area contributed by atoms with Crippen LogP contribution in [0.15, 0.2) is 18.2 Å². The normalized spacial score (nSPS) is 14.7. The SMILES string of the molecule is CCCN1Cc2ccc(I)cc2C1=O. The summed E-state index contributed by atoms with van der Waals surface area (Å²) in [6.45, 7) is 3.75. The van der Waals surface area contributed by atoms with E-state index in [0.29, 0.717) is 0 Å². The Morgan fingerprint density at radius 1 is 1.50 bits per heavy atom. The van der Waals surface area contributed by atoms with Crippen molar-refractivity contribution in [2.75, 3.05) is 6.54 Å². The monoisotopic (exact) mass is 301 g/mol. The molecule has 0 aromatic heterocycles. The number of amides is 1. The second-order valence-electron chi connectivity index (χ2n) is 3.53. The van der Waals surface area contributed by atoms with Crippen LogP contribution in [0.3, 0.4) is 0 Å². The maximum Gasteiger partial charge on any atom is 0.254 e. The van der Waals surface area contributed by atoms with Crippen molar-refractivity contribution in [3.63, 3.8) is 0 Å². The maximum absolute atomic E-state index is 11.9. The first-order valence-electron chi connectivity index (χ1n) is 4.80. The molecule has 0 fully saturated rings. The Morgan fingerprint density at radius 2 is 2.29 bits per heavy atom. The van der Waals surface area contributed by atoms with E-state index in [1.54, 1.807) is 0 Å². The number of carbonyl (C=O) groups is 1. The molecule has 2 rings (SSSR count). The quantitative estimate of drug-likeness (QED) is 0.769. The summed E-state index contributed by atoms with van der Waals surface area (Å²) < 4.78 is 1.13. The highest BCUT2D eigenvalue weighted by molar-refractivity contribution is 14.1. The van der Waals surface area contributed by atoms with Crippen molar-refractivity contribution in [2.45, 2.75) is 19.9 Å². The maximum atomic E-state index is 11.9. The summed E-state index contributed by atoms with van der Waals surface area (Å²) in [6.07, 6.45) is 1.02. The van der Waals surface area contributed by atoms with Gasteiger partial charge in [-0.05, 0) is 46.7 Å². The Morgan fingerprint density at radius 3 is 3.00 bits per heavy atom. The lowest BCUT2D eigenvalue weighted by atomic mass is 10.1. The van der Waals surface area contributed by atoms with Crippen LogP contribution in [0.5, 0.6) is 0 Å². The van der Waals surface area contributed by atoms with Gasteiger partial charge in [0, 0.05) is 22.2 Å². The number of fused-ring (bicyclic) bond motifs is 1. The highest BCUT2D eigenvalue weighted by atomic mass is 127. The predicted octanol–water partition coefficient (Wildman–Crippen LogP) is 2.66. The zero-order valence-corrected chi connectivity index (χ0v) is 10.2. The van der Waals surface area contributed by atoms with E-state index in [1.807, 2.05) is 11.0 Å². The van der Waals surface area contributed by atoms with E-state index >= 15 is 0 Å². The highest BCUT2D eigenvalue weighted by Crippen LogP contribution is 2.24. The molecule has 2 nitrogen and oxygen atoms in total. The van der Waals surface area contributed by atoms with E-state index < -0.39 is 0 Å². The Hall–Kier alpha value is -0.580. The molecule has 0 spiro atoms. The van der Waals surface area contributed by atoms with Gasteiger partial charge < -0.3 is 4.90 Å². The molecule has 1 heterocycles. The van der Waals surface area contributed by atoms with E-state index in [9.17, 15) is 4.79 Å². The molecule has 0 unspecified atom stereocenters. The summed E-state index contributed by atoms with van der Waals surface area (Å²) in [4.78, 5) is 13.8. The average molecular weight is 301 g/mol. The van der Waals surface area contributed by atoms with Crippen molar-refractivity contribution < 1.29 is 4.79 Å². The molecule has 0 aliphatic carbocycles. The van der Waals surface area contributed by atoms with Gasteiger partial charge in [-0.15, -0.1) is 0 Å². The topological polar surface area (TPSA) is 20.3 Å². The van der Waals surface area contributed by atoms with Crippen molar-refractivity contribution >= 4 is 28.5 Å². The first-order valence-corrected chi connectivity index (χ1v) is 5.88. The molecule has 74 valence electrons. The molecule has 1 aliphatic rings. The van der Waals surface area contributed by atoms with Crippen molar-refractivity contribution in [2.24, 2.45) is 0 Å². The molecular formula is C11H12INO. The summed E-state index contributed by atoms with van der Waals surface area (Å²) in [5, 5.41) is 0. The zero-order chi connectivity index (χ0) is 10.1. The van der Waals surface area contributed by atoms with Crippen LogP contribution < -0.4 is 0 Å². The van der Waals surface area contributed by atoms with Gasteiger partial charge in [0.1, 0.15) is 0 Å². The summed E-state index contributed by atoms with van der Waals surface area (Å²) in [6, 6.07) is 6.10. The predicted molar refractivity (Wildman–Crippen MR) is 64.2 cm³/mol. The average Bonchev–Trinajstić information content (AvgIpc) is 2.46. The van der Waals surface area contributed by atoms with E-state index in [1.165, 1.54) is 5.56 Å². The minimum atomic E-state index is 0.195. The second-order valence-corrected chi connectivity index (χ2v) is 4.77. The van der Waals surface area contributed by atoms with Crippen LogP contribution in [0, 0.1) is 3.57 Å². The smallest absolute Gasteiger partial charge is 0.254 e. The molecule has 14 heavy (non-hydrogen) atoms. The van der Waals surface area contributed by atoms with Crippen molar-refractivity contribution in [1.82, 2.24) is 4.90 Å². The standard InChI is InChI=1S/C11H12INO/c1-2-5-13-7-8-3-4-9(12)6-10(8)11(13)14/h3-4,6H,2,5,7H2,1H3. The van der Waals surface area contributed by atoms with Crippen LogP contribution in [0.1, 0.15) is 29.3 Å². The summed E-state index contributed by atoms with van der Waals surface area (Å²) in [7, 11) is 0. The van der Waals surface area contributed by atoms with Crippen LogP contribution in [-0.4, -0.2) is 17.4 Å². The minimum Gasteiger partial charge on any atom is -0.334 e. The van der Waals surface area contributed by atoms with Crippen LogP contribution in [0.2, 0.25) is 0 Å². The number of rotatable bonds is 2. The van der Waals surface area contributed by atoms with Gasteiger partial charge in [-0.2, -0.15) is 0 Å². The molecule has 0 radical (unpaired) electrons. The van der Waals surface area contributed by atoms with Gasteiger partial charge in [-0.1, -0.05) is 13.0 Å². The Bertz CT molecular complexity index is 376. The van der Waals surface area contributed by atoms with Gasteiger partial charge in [0.05, 0.1) is 0 Å². The van der Waals surface area contributed by atoms with Gasteiger partial charge in [0.25, 0.3) is 5.91 Å². The molecule has 1 aliphatic heterocycles. The second kappa shape index (κ2) is 3.88. The molecule has 3 heteroatoms. The molecule has 1 amide bonds. The van der Waals surface area contributed by atoms with E-state index in [4.69, 9.17) is 0 Å². The van der Waals surface area contributed by atoms with Gasteiger partial charge in [0.2, 0.25) is 0 Å². The minimum absolute atomic E-state index is 0.195. The molecule has 1 aromatic rings. The van der Waals surface area contributed by atoms with E-state index in [2.05, 4.69) is 41.6 Å². The number of carbonyl (C=O) groups excluding carboxylic acids is 1. The Labute approximate surface area is 97.4 Å². The number of hydrogen-bond acceptors (Lipinski definition) is 1. The lowest BCUT2D eigenvalue weighted by Crippen LogP contribution is -2.24. The van der Waals surface area contributed by atoms with Gasteiger partial charge >= 0.3 is 0 Å². The fourth-order valence-corrected chi connectivity index (χ4v) is 2.28. The summed E-state index contributed by atoms with van der Waals surface area (Å²) >= 11 is 2.24. The molecule has 0 saturated heterocycles. The van der Waals surface area contributed by atoms with Crippen molar-refractivity contribution in [3.8, 4) is 0 Å². The highest BCUT2D eigenvalue weighted by Gasteiger charge is 2.26. The lowest BCUT2D eigenvalue weighted by molar-refractivity contribution is 0.0778. The number of halogens is 1. The van der Waals surface area contributed by atoms with E-state index in [0.717, 1.165) is 28.6 Å². The summed E-state index contributed by atoms with van der Waals surface area (Å²) in [5.74, 6) is 0.195. The molecule has 0 bridgehead atoms. The lowest BCUT2D eigenvalue weighted by Gasteiger charge is -2.13. The summed E-state index contributed by atoms with van der Waals surface area (Å²) in [5.41, 5.74) is 2.06. The number of hydrogen-bond donors (Lipinski definition) is 0. The fourth-order valence-electron chi connectivity index (χ4n) is 1.78. The largest absolute Gasteiger partial charge is 0.334 e. The third kappa shape index (κ3) is 1.65. The number of nitrogens with zero attached hydrogens (tertiary/aromatic N) is 1. The molecule has 0 N–H and O–H groups in total. The van der Waals surface area contributed by atoms with Crippen molar-refractivity contribution in [1.29, 1.82) is 0 Å². The molecule has 1 aromatic carbocycles. The van der Waals surface area contributed by atoms with Crippen LogP contribution in [0.25, 0.3) is 0 Å². The van der Waals surface area contributed by atoms with Gasteiger partial charge in [0.15, 0.2) is 0 Å². The van der Waals surface area contributed by atoms with Crippen LogP contribution in [0.4, 0.5) is 0 Å². The third-order valence-electron chi connectivity index (χ3n) is 2.44. The van der Waals surface area contributed by atoms with Gasteiger partial charge in [-0.3, -0.25) is 4.79 Å². The fraction of sp³-hybridized carbons (Fsp3) is 0.364. The third-order valence-corrected chi connectivity index (χ3v) is 3.12. The molecule has 0 saturated carbocycles. The molecular weight excluding hydrogens is 289 g/mol. The van der Waals surface area contributed by atoms with Crippen LogP contribution in [-0.2, 0) is 6.54 Å². The first kappa shape index (κ1) is 9.96. The van der Waals surface area contributed by atoms with Gasteiger partial charge in [-0.25, -0.2) is 0 Å². The molecule has 0 atom stereocenters. The van der Waals surface area contributed by atoms with Crippen molar-refractivity contribution in [3.05, 3.63) is 32.9 Å². The first-order chi connectivity index (χ1) is 6.72.